The van der Waals surface area contributed by atoms with Crippen molar-refractivity contribution >= 4 is 23.4 Å². The smallest absolute Gasteiger partial charge is 0.179 e. The summed E-state index contributed by atoms with van der Waals surface area (Å²) in [6.07, 6.45) is 0. The van der Waals surface area contributed by atoms with Gasteiger partial charge in [0.05, 0.1) is 5.52 Å². The van der Waals surface area contributed by atoms with Crippen LogP contribution in [0.2, 0.25) is 0 Å². The van der Waals surface area contributed by atoms with Gasteiger partial charge >= 0.3 is 0 Å². The molecular formula is C14H19N3S. The average molecular weight is 261 g/mol. The molecule has 96 valence electrons. The second-order valence-electron chi connectivity index (χ2n) is 6.47. The number of nitrogens with zero attached hydrogens (tertiary/aromatic N) is 2. The van der Waals surface area contributed by atoms with Gasteiger partial charge in [0.2, 0.25) is 0 Å². The van der Waals surface area contributed by atoms with E-state index in [9.17, 15) is 0 Å². The number of pyridine rings is 1. The van der Waals surface area contributed by atoms with Crippen molar-refractivity contribution in [2.45, 2.75) is 40.7 Å². The molecule has 2 aromatic heterocycles. The van der Waals surface area contributed by atoms with Crippen LogP contribution in [0.15, 0.2) is 12.1 Å². The fraction of sp³-hybridized carbons (Fsp3) is 0.571. The maximum absolute atomic E-state index is 5.49. The average Bonchev–Trinajstić information content (AvgIpc) is 2.53. The van der Waals surface area contributed by atoms with Gasteiger partial charge in [0, 0.05) is 11.7 Å². The normalized spacial score (nSPS) is 21.4. The van der Waals surface area contributed by atoms with Gasteiger partial charge in [-0.25, -0.2) is 4.98 Å². The van der Waals surface area contributed by atoms with E-state index in [2.05, 4.69) is 48.3 Å². The monoisotopic (exact) mass is 261 g/mol. The van der Waals surface area contributed by atoms with E-state index < -0.39 is 0 Å². The van der Waals surface area contributed by atoms with E-state index in [1.807, 2.05) is 13.0 Å². The lowest BCUT2D eigenvalue weighted by atomic mass is 10.0. The summed E-state index contributed by atoms with van der Waals surface area (Å²) in [5.74, 6) is 0. The summed E-state index contributed by atoms with van der Waals surface area (Å²) in [4.78, 5) is 7.92. The van der Waals surface area contributed by atoms with Gasteiger partial charge in [-0.2, -0.15) is 0 Å². The van der Waals surface area contributed by atoms with Gasteiger partial charge in [0.15, 0.2) is 10.4 Å². The molecule has 3 rings (SSSR count). The van der Waals surface area contributed by atoms with Gasteiger partial charge in [-0.05, 0) is 42.1 Å². The lowest BCUT2D eigenvalue weighted by molar-refractivity contribution is 0.457. The third kappa shape index (κ3) is 1.30. The number of aromatic nitrogens is 3. The Morgan fingerprint density at radius 2 is 1.83 bits per heavy atom. The maximum Gasteiger partial charge on any atom is 0.179 e. The highest BCUT2D eigenvalue weighted by atomic mass is 32.1. The van der Waals surface area contributed by atoms with E-state index in [0.717, 1.165) is 21.6 Å². The van der Waals surface area contributed by atoms with E-state index in [1.165, 1.54) is 0 Å². The molecule has 0 amide bonds. The van der Waals surface area contributed by atoms with Crippen LogP contribution in [0.5, 0.6) is 0 Å². The Morgan fingerprint density at radius 1 is 1.22 bits per heavy atom. The van der Waals surface area contributed by atoms with Crippen LogP contribution < -0.4 is 0 Å². The number of hydrogen-bond donors (Lipinski definition) is 1. The van der Waals surface area contributed by atoms with Crippen molar-refractivity contribution in [2.75, 3.05) is 0 Å². The Kier molecular flexibility index (Phi) is 2.14. The van der Waals surface area contributed by atoms with E-state index in [0.29, 0.717) is 6.04 Å². The van der Waals surface area contributed by atoms with Gasteiger partial charge in [-0.1, -0.05) is 27.7 Å². The van der Waals surface area contributed by atoms with Crippen LogP contribution in [0.4, 0.5) is 0 Å². The largest absolute Gasteiger partial charge is 0.329 e. The van der Waals surface area contributed by atoms with Crippen LogP contribution in [0, 0.1) is 22.5 Å². The number of aryl methyl sites for hydroxylation is 1. The molecule has 1 fully saturated rings. The Balaban J connectivity index is 2.28. The summed E-state index contributed by atoms with van der Waals surface area (Å²) in [5, 5.41) is 0. The van der Waals surface area contributed by atoms with Gasteiger partial charge in [-0.3, -0.25) is 4.57 Å². The van der Waals surface area contributed by atoms with E-state index in [4.69, 9.17) is 12.2 Å². The fourth-order valence-corrected chi connectivity index (χ4v) is 3.44. The molecule has 0 saturated heterocycles. The molecule has 0 aromatic carbocycles. The molecule has 2 heterocycles. The van der Waals surface area contributed by atoms with Gasteiger partial charge in [0.25, 0.3) is 0 Å². The first-order valence-electron chi connectivity index (χ1n) is 6.34. The number of H-pyrrole nitrogens is 1. The summed E-state index contributed by atoms with van der Waals surface area (Å²) >= 11 is 5.49. The SMILES string of the molecule is Cc1ccc2[nH]c(=S)n(C3C(C)(C)C3(C)C)c2n1. The summed E-state index contributed by atoms with van der Waals surface area (Å²) in [7, 11) is 0. The highest BCUT2D eigenvalue weighted by Crippen LogP contribution is 2.71. The van der Waals surface area contributed by atoms with Crippen LogP contribution >= 0.6 is 12.2 Å². The number of nitrogens with one attached hydrogen (secondary N) is 1. The zero-order chi connectivity index (χ0) is 13.3. The van der Waals surface area contributed by atoms with Crippen LogP contribution in [0.25, 0.3) is 11.2 Å². The molecule has 1 N–H and O–H groups in total. The first kappa shape index (κ1) is 11.9. The number of hydrogen-bond acceptors (Lipinski definition) is 2. The number of imidazole rings is 1. The summed E-state index contributed by atoms with van der Waals surface area (Å²) < 4.78 is 2.99. The summed E-state index contributed by atoms with van der Waals surface area (Å²) in [6.45, 7) is 11.2. The molecule has 18 heavy (non-hydrogen) atoms. The zero-order valence-electron chi connectivity index (χ0n) is 11.5. The Labute approximate surface area is 112 Å². The highest BCUT2D eigenvalue weighted by Gasteiger charge is 2.66. The molecule has 1 aliphatic carbocycles. The topological polar surface area (TPSA) is 33.6 Å². The van der Waals surface area contributed by atoms with Crippen LogP contribution in [0.3, 0.4) is 0 Å². The lowest BCUT2D eigenvalue weighted by Crippen LogP contribution is -2.02. The minimum Gasteiger partial charge on any atom is -0.329 e. The predicted octanol–water partition coefficient (Wildman–Crippen LogP) is 4.01. The molecule has 2 aromatic rings. The predicted molar refractivity (Wildman–Crippen MR) is 76.3 cm³/mol. The Morgan fingerprint density at radius 3 is 2.39 bits per heavy atom. The van der Waals surface area contributed by atoms with E-state index >= 15 is 0 Å². The third-order valence-corrected chi connectivity index (χ3v) is 5.20. The molecule has 1 aliphatic rings. The minimum absolute atomic E-state index is 0.256. The molecule has 0 bridgehead atoms. The number of fused-ring (bicyclic) bond motifs is 1. The standard InChI is InChI=1S/C14H19N3S/c1-8-6-7-9-10(15-8)17(12(18)16-9)11-13(2,3)14(11,4)5/h6-7,11H,1-5H3,(H,16,18). The molecule has 0 unspecified atom stereocenters. The van der Waals surface area contributed by atoms with Crippen molar-refractivity contribution in [1.29, 1.82) is 0 Å². The highest BCUT2D eigenvalue weighted by molar-refractivity contribution is 7.71. The number of aromatic amines is 1. The molecule has 0 aliphatic heterocycles. The van der Waals surface area contributed by atoms with Crippen LogP contribution in [-0.4, -0.2) is 14.5 Å². The summed E-state index contributed by atoms with van der Waals surface area (Å²) in [5.41, 5.74) is 3.56. The third-order valence-electron chi connectivity index (χ3n) is 4.91. The minimum atomic E-state index is 0.256. The maximum atomic E-state index is 5.49. The van der Waals surface area contributed by atoms with Crippen molar-refractivity contribution in [3.63, 3.8) is 0 Å². The summed E-state index contributed by atoms with van der Waals surface area (Å²) in [6, 6.07) is 4.49. The molecule has 4 heteroatoms. The molecule has 3 nitrogen and oxygen atoms in total. The van der Waals surface area contributed by atoms with Gasteiger partial charge in [0.1, 0.15) is 0 Å². The number of rotatable bonds is 1. The van der Waals surface area contributed by atoms with Crippen molar-refractivity contribution in [3.8, 4) is 0 Å². The van der Waals surface area contributed by atoms with Crippen molar-refractivity contribution < 1.29 is 0 Å². The molecular weight excluding hydrogens is 242 g/mol. The van der Waals surface area contributed by atoms with E-state index in [1.54, 1.807) is 0 Å². The van der Waals surface area contributed by atoms with Crippen LogP contribution in [-0.2, 0) is 0 Å². The Hall–Kier alpha value is -1.16. The lowest BCUT2D eigenvalue weighted by Gasteiger charge is -2.06. The first-order chi connectivity index (χ1) is 8.26. The van der Waals surface area contributed by atoms with Crippen molar-refractivity contribution in [3.05, 3.63) is 22.6 Å². The quantitative estimate of drug-likeness (QED) is 0.787. The molecule has 0 spiro atoms. The second kappa shape index (κ2) is 3.23. The van der Waals surface area contributed by atoms with Crippen molar-refractivity contribution in [2.24, 2.45) is 10.8 Å². The van der Waals surface area contributed by atoms with Gasteiger partial charge < -0.3 is 4.98 Å². The second-order valence-corrected chi connectivity index (χ2v) is 6.86. The molecule has 0 atom stereocenters. The molecule has 1 saturated carbocycles. The fourth-order valence-electron chi connectivity index (χ4n) is 3.14. The van der Waals surface area contributed by atoms with Gasteiger partial charge in [-0.15, -0.1) is 0 Å². The van der Waals surface area contributed by atoms with Crippen LogP contribution in [0.1, 0.15) is 39.4 Å². The molecule has 0 radical (unpaired) electrons. The van der Waals surface area contributed by atoms with E-state index in [-0.39, 0.29) is 10.8 Å². The first-order valence-corrected chi connectivity index (χ1v) is 6.75. The van der Waals surface area contributed by atoms with Crippen molar-refractivity contribution in [1.82, 2.24) is 14.5 Å². The zero-order valence-corrected chi connectivity index (χ0v) is 12.4. The Bertz CT molecular complexity index is 677.